The van der Waals surface area contributed by atoms with Crippen molar-refractivity contribution in [2.24, 2.45) is 10.3 Å². The van der Waals surface area contributed by atoms with Gasteiger partial charge >= 0.3 is 6.18 Å². The monoisotopic (exact) mass is 412 g/mol. The molecular formula is C20H20ClF3N2O2. The third-order valence-corrected chi connectivity index (χ3v) is 4.46. The average Bonchev–Trinajstić information content (AvgIpc) is 2.62. The summed E-state index contributed by atoms with van der Waals surface area (Å²) in [4.78, 5) is 10.2. The van der Waals surface area contributed by atoms with Gasteiger partial charge in [-0.25, -0.2) is 0 Å². The number of hydrogen-bond donors (Lipinski definition) is 0. The molecule has 4 nitrogen and oxygen atoms in total. The molecular weight excluding hydrogens is 393 g/mol. The van der Waals surface area contributed by atoms with Gasteiger partial charge in [-0.3, -0.25) is 0 Å². The molecule has 0 bridgehead atoms. The molecule has 0 amide bonds. The largest absolute Gasteiger partial charge is 0.417 e. The molecule has 2 rings (SSSR count). The van der Waals surface area contributed by atoms with Gasteiger partial charge in [-0.15, -0.1) is 0 Å². The van der Waals surface area contributed by atoms with E-state index in [0.717, 1.165) is 22.8 Å². The van der Waals surface area contributed by atoms with Crippen molar-refractivity contribution >= 4 is 23.0 Å². The molecule has 0 heterocycles. The Balaban J connectivity index is 2.23. The van der Waals surface area contributed by atoms with Gasteiger partial charge in [0.25, 0.3) is 0 Å². The summed E-state index contributed by atoms with van der Waals surface area (Å²) < 4.78 is 39.0. The van der Waals surface area contributed by atoms with Gasteiger partial charge in [0, 0.05) is 11.1 Å². The Labute approximate surface area is 166 Å². The molecule has 0 saturated carbocycles. The summed E-state index contributed by atoms with van der Waals surface area (Å²) in [6.45, 7) is 5.44. The van der Waals surface area contributed by atoms with E-state index in [2.05, 4.69) is 10.3 Å². The molecule has 2 aromatic carbocycles. The van der Waals surface area contributed by atoms with Crippen molar-refractivity contribution in [2.75, 3.05) is 7.11 Å². The number of nitrogens with zero attached hydrogens (tertiary/aromatic N) is 2. The summed E-state index contributed by atoms with van der Waals surface area (Å²) >= 11 is 5.65. The normalized spacial score (nSPS) is 12.9. The molecule has 0 saturated heterocycles. The molecule has 0 aliphatic rings. The number of aryl methyl sites for hydroxylation is 1. The minimum atomic E-state index is -4.54. The molecule has 0 unspecified atom stereocenters. The third kappa shape index (κ3) is 5.25. The Morgan fingerprint density at radius 3 is 2.43 bits per heavy atom. The molecule has 0 aromatic heterocycles. The van der Waals surface area contributed by atoms with Crippen LogP contribution in [-0.2, 0) is 22.5 Å². The molecule has 0 atom stereocenters. The lowest BCUT2D eigenvalue weighted by atomic mass is 10.00. The van der Waals surface area contributed by atoms with E-state index in [1.165, 1.54) is 19.2 Å². The predicted molar refractivity (Wildman–Crippen MR) is 104 cm³/mol. The highest BCUT2D eigenvalue weighted by Crippen LogP contribution is 2.35. The second kappa shape index (κ2) is 9.10. The molecule has 0 radical (unpaired) electrons. The zero-order chi connectivity index (χ0) is 20.9. The first-order valence-electron chi connectivity index (χ1n) is 8.35. The Morgan fingerprint density at radius 2 is 1.79 bits per heavy atom. The van der Waals surface area contributed by atoms with Crippen LogP contribution in [0.3, 0.4) is 0 Å². The zero-order valence-corrected chi connectivity index (χ0v) is 16.6. The Kier molecular flexibility index (Phi) is 7.07. The quantitative estimate of drug-likeness (QED) is 0.432. The topological polar surface area (TPSA) is 43.2 Å². The van der Waals surface area contributed by atoms with E-state index in [0.29, 0.717) is 11.4 Å². The fourth-order valence-corrected chi connectivity index (χ4v) is 2.86. The SMILES string of the molecule is CO/N=C(/C)c1cccc(C)c1CO/N=C(\C)c1ccc(Cl)c(C(F)(F)F)c1. The van der Waals surface area contributed by atoms with Crippen LogP contribution in [0.4, 0.5) is 13.2 Å². The highest BCUT2D eigenvalue weighted by Gasteiger charge is 2.33. The van der Waals surface area contributed by atoms with E-state index >= 15 is 0 Å². The van der Waals surface area contributed by atoms with Gasteiger partial charge in [0.2, 0.25) is 0 Å². The molecule has 0 spiro atoms. The molecule has 0 fully saturated rings. The van der Waals surface area contributed by atoms with Crippen LogP contribution in [0, 0.1) is 6.92 Å². The first-order chi connectivity index (χ1) is 13.1. The molecule has 0 aliphatic carbocycles. The van der Waals surface area contributed by atoms with E-state index in [-0.39, 0.29) is 17.2 Å². The van der Waals surface area contributed by atoms with E-state index in [1.54, 1.807) is 6.92 Å². The van der Waals surface area contributed by atoms with Crippen LogP contribution in [0.5, 0.6) is 0 Å². The predicted octanol–water partition coefficient (Wildman–Crippen LogP) is 5.98. The maximum absolute atomic E-state index is 13.0. The van der Waals surface area contributed by atoms with E-state index in [1.807, 2.05) is 32.0 Å². The minimum absolute atomic E-state index is 0.135. The maximum Gasteiger partial charge on any atom is 0.417 e. The zero-order valence-electron chi connectivity index (χ0n) is 15.9. The Bertz CT molecular complexity index is 909. The average molecular weight is 413 g/mol. The number of halogens is 4. The van der Waals surface area contributed by atoms with Crippen LogP contribution in [0.15, 0.2) is 46.7 Å². The lowest BCUT2D eigenvalue weighted by Gasteiger charge is -2.12. The van der Waals surface area contributed by atoms with Crippen LogP contribution in [0.2, 0.25) is 5.02 Å². The van der Waals surface area contributed by atoms with Crippen LogP contribution in [0.1, 0.15) is 41.7 Å². The fourth-order valence-electron chi connectivity index (χ4n) is 2.63. The lowest BCUT2D eigenvalue weighted by molar-refractivity contribution is -0.137. The fraction of sp³-hybridized carbons (Fsp3) is 0.300. The summed E-state index contributed by atoms with van der Waals surface area (Å²) in [5, 5.41) is 7.54. The lowest BCUT2D eigenvalue weighted by Crippen LogP contribution is -2.08. The summed E-state index contributed by atoms with van der Waals surface area (Å²) in [6, 6.07) is 9.32. The first-order valence-corrected chi connectivity index (χ1v) is 8.73. The standard InChI is InChI=1S/C20H20ClF3N2O2/c1-12-6-5-7-16(14(3)25-27-4)17(12)11-28-26-13(2)15-8-9-19(21)18(10-15)20(22,23)24/h5-10H,11H2,1-4H3/b25-14-,26-13+. The van der Waals surface area contributed by atoms with Crippen LogP contribution >= 0.6 is 11.6 Å². The highest BCUT2D eigenvalue weighted by molar-refractivity contribution is 6.31. The van der Waals surface area contributed by atoms with Crippen molar-refractivity contribution in [1.82, 2.24) is 0 Å². The van der Waals surface area contributed by atoms with Crippen molar-refractivity contribution < 1.29 is 22.8 Å². The van der Waals surface area contributed by atoms with Crippen LogP contribution in [0.25, 0.3) is 0 Å². The first kappa shape index (κ1) is 21.8. The molecule has 0 N–H and O–H groups in total. The maximum atomic E-state index is 13.0. The van der Waals surface area contributed by atoms with E-state index in [9.17, 15) is 13.2 Å². The van der Waals surface area contributed by atoms with Gasteiger partial charge in [-0.1, -0.05) is 46.2 Å². The van der Waals surface area contributed by atoms with Crippen LogP contribution < -0.4 is 0 Å². The third-order valence-electron chi connectivity index (χ3n) is 4.13. The van der Waals surface area contributed by atoms with E-state index < -0.39 is 11.7 Å². The molecule has 150 valence electrons. The number of hydrogen-bond acceptors (Lipinski definition) is 4. The summed E-state index contributed by atoms with van der Waals surface area (Å²) in [7, 11) is 1.46. The Hall–Kier alpha value is -2.54. The molecule has 28 heavy (non-hydrogen) atoms. The smallest absolute Gasteiger partial charge is 0.399 e. The number of oxime groups is 2. The Morgan fingerprint density at radius 1 is 1.07 bits per heavy atom. The minimum Gasteiger partial charge on any atom is -0.399 e. The number of alkyl halides is 3. The van der Waals surface area contributed by atoms with Crippen molar-refractivity contribution in [3.8, 4) is 0 Å². The summed E-state index contributed by atoms with van der Waals surface area (Å²) in [5.41, 5.74) is 3.04. The van der Waals surface area contributed by atoms with Crippen LogP contribution in [-0.4, -0.2) is 18.5 Å². The summed E-state index contributed by atoms with van der Waals surface area (Å²) in [5.74, 6) is 0. The van der Waals surface area contributed by atoms with Crippen molar-refractivity contribution in [3.05, 3.63) is 69.2 Å². The van der Waals surface area contributed by atoms with E-state index in [4.69, 9.17) is 21.3 Å². The van der Waals surface area contributed by atoms with Gasteiger partial charge in [0.1, 0.15) is 13.7 Å². The summed E-state index contributed by atoms with van der Waals surface area (Å²) in [6.07, 6.45) is -4.54. The molecule has 0 aliphatic heterocycles. The van der Waals surface area contributed by atoms with Crippen molar-refractivity contribution in [2.45, 2.75) is 33.6 Å². The van der Waals surface area contributed by atoms with Gasteiger partial charge in [-0.2, -0.15) is 13.2 Å². The number of rotatable bonds is 6. The van der Waals surface area contributed by atoms with Gasteiger partial charge in [0.05, 0.1) is 22.0 Å². The second-order valence-corrected chi connectivity index (χ2v) is 6.51. The van der Waals surface area contributed by atoms with Gasteiger partial charge in [0.15, 0.2) is 0 Å². The van der Waals surface area contributed by atoms with Gasteiger partial charge < -0.3 is 9.68 Å². The van der Waals surface area contributed by atoms with Crippen molar-refractivity contribution in [1.29, 1.82) is 0 Å². The second-order valence-electron chi connectivity index (χ2n) is 6.10. The highest BCUT2D eigenvalue weighted by atomic mass is 35.5. The molecule has 2 aromatic rings. The number of benzene rings is 2. The van der Waals surface area contributed by atoms with Gasteiger partial charge in [-0.05, 0) is 44.0 Å². The molecule has 8 heteroatoms. The van der Waals surface area contributed by atoms with Crippen molar-refractivity contribution in [3.63, 3.8) is 0 Å².